The quantitative estimate of drug-likeness (QED) is 0.826. The van der Waals surface area contributed by atoms with Gasteiger partial charge < -0.3 is 0 Å². The van der Waals surface area contributed by atoms with E-state index in [1.54, 1.807) is 12.1 Å². The Morgan fingerprint density at radius 2 is 1.55 bits per heavy atom. The summed E-state index contributed by atoms with van der Waals surface area (Å²) in [7, 11) is -7.40. The van der Waals surface area contributed by atoms with Gasteiger partial charge in [0.05, 0.1) is 10.6 Å². The molecule has 8 heteroatoms. The molecular weight excluding hydrogens is 300 g/mol. The van der Waals surface area contributed by atoms with Gasteiger partial charge in [0.15, 0.2) is 9.84 Å². The predicted octanol–water partition coefficient (Wildman–Crippen LogP) is 0.551. The fourth-order valence-corrected chi connectivity index (χ4v) is 3.27. The van der Waals surface area contributed by atoms with Gasteiger partial charge in [-0.1, -0.05) is 32.9 Å². The highest BCUT2D eigenvalue weighted by molar-refractivity contribution is 7.91. The van der Waals surface area contributed by atoms with Crippen molar-refractivity contribution in [2.24, 2.45) is 5.14 Å². The van der Waals surface area contributed by atoms with Gasteiger partial charge in [0, 0.05) is 6.54 Å². The number of sulfone groups is 1. The number of nitrogens with one attached hydrogen (secondary N) is 1. The van der Waals surface area contributed by atoms with Crippen LogP contribution in [0.5, 0.6) is 0 Å². The molecule has 0 aliphatic carbocycles. The number of benzene rings is 1. The Labute approximate surface area is 120 Å². The van der Waals surface area contributed by atoms with Gasteiger partial charge in [-0.3, -0.25) is 0 Å². The van der Waals surface area contributed by atoms with Crippen molar-refractivity contribution in [1.82, 2.24) is 4.72 Å². The second-order valence-electron chi connectivity index (χ2n) is 5.53. The second-order valence-corrected chi connectivity index (χ2v) is 9.02. The number of hydrogen-bond donors (Lipinski definition) is 2. The largest absolute Gasteiger partial charge is 0.274 e. The maximum atomic E-state index is 12.0. The molecule has 0 fully saturated rings. The van der Waals surface area contributed by atoms with E-state index >= 15 is 0 Å². The first-order valence-electron chi connectivity index (χ1n) is 6.02. The lowest BCUT2D eigenvalue weighted by Crippen LogP contribution is -2.34. The SMILES string of the molecule is CC(C)(C)c1ccc(S(=O)(=O)CCNS(N)(=O)=O)cc1. The monoisotopic (exact) mass is 320 g/mol. The summed E-state index contributed by atoms with van der Waals surface area (Å²) in [5.74, 6) is -0.335. The van der Waals surface area contributed by atoms with Crippen LogP contribution >= 0.6 is 0 Å². The normalized spacial score (nSPS) is 13.4. The Morgan fingerprint density at radius 1 is 1.05 bits per heavy atom. The maximum Gasteiger partial charge on any atom is 0.274 e. The first-order chi connectivity index (χ1) is 8.92. The Bertz CT molecular complexity index is 656. The average Bonchev–Trinajstić information content (AvgIpc) is 2.26. The summed E-state index contributed by atoms with van der Waals surface area (Å²) in [5.41, 5.74) is 0.969. The van der Waals surface area contributed by atoms with Crippen LogP contribution in [0, 0.1) is 0 Å². The lowest BCUT2D eigenvalue weighted by atomic mass is 9.87. The first kappa shape index (κ1) is 17.1. The summed E-state index contributed by atoms with van der Waals surface area (Å²) in [6, 6.07) is 6.60. The van der Waals surface area contributed by atoms with E-state index in [0.717, 1.165) is 5.56 Å². The number of nitrogens with two attached hydrogens (primary N) is 1. The fourth-order valence-electron chi connectivity index (χ4n) is 1.60. The highest BCUT2D eigenvalue weighted by Gasteiger charge is 2.18. The van der Waals surface area contributed by atoms with Crippen molar-refractivity contribution in [1.29, 1.82) is 0 Å². The second kappa shape index (κ2) is 5.80. The Kier molecular flexibility index (Phi) is 4.96. The van der Waals surface area contributed by atoms with Crippen molar-refractivity contribution in [3.63, 3.8) is 0 Å². The molecule has 0 aromatic heterocycles. The molecule has 6 nitrogen and oxygen atoms in total. The van der Waals surface area contributed by atoms with Gasteiger partial charge in [0.25, 0.3) is 10.2 Å². The summed E-state index contributed by atoms with van der Waals surface area (Å²) in [4.78, 5) is 0.168. The van der Waals surface area contributed by atoms with Gasteiger partial charge in [-0.25, -0.2) is 18.3 Å². The maximum absolute atomic E-state index is 12.0. The van der Waals surface area contributed by atoms with Crippen LogP contribution in [-0.2, 0) is 25.5 Å². The van der Waals surface area contributed by atoms with E-state index in [0.29, 0.717) is 0 Å². The fraction of sp³-hybridized carbons (Fsp3) is 0.500. The molecule has 1 rings (SSSR count). The summed E-state index contributed by atoms with van der Waals surface area (Å²) < 4.78 is 47.3. The molecule has 0 aliphatic heterocycles. The molecule has 0 saturated heterocycles. The molecule has 0 atom stereocenters. The third kappa shape index (κ3) is 5.20. The molecule has 0 radical (unpaired) electrons. The summed E-state index contributed by atoms with van der Waals surface area (Å²) in [6.45, 7) is 5.85. The van der Waals surface area contributed by atoms with Crippen molar-refractivity contribution in [3.05, 3.63) is 29.8 Å². The van der Waals surface area contributed by atoms with Crippen molar-refractivity contribution in [2.75, 3.05) is 12.3 Å². The van der Waals surface area contributed by atoms with Crippen molar-refractivity contribution >= 4 is 20.0 Å². The van der Waals surface area contributed by atoms with E-state index in [1.807, 2.05) is 25.5 Å². The molecular formula is C12H20N2O4S2. The molecule has 0 saturated carbocycles. The smallest absolute Gasteiger partial charge is 0.224 e. The molecule has 1 aromatic carbocycles. The zero-order chi connectivity index (χ0) is 15.6. The van der Waals surface area contributed by atoms with Crippen LogP contribution in [-0.4, -0.2) is 29.1 Å². The van der Waals surface area contributed by atoms with Crippen LogP contribution in [0.1, 0.15) is 26.3 Å². The lowest BCUT2D eigenvalue weighted by molar-refractivity contribution is 0.581. The molecule has 0 aliphatic rings. The third-order valence-corrected chi connectivity index (χ3v) is 5.09. The van der Waals surface area contributed by atoms with Gasteiger partial charge >= 0.3 is 0 Å². The van der Waals surface area contributed by atoms with E-state index in [-0.39, 0.29) is 22.6 Å². The first-order valence-corrected chi connectivity index (χ1v) is 9.22. The molecule has 0 spiro atoms. The molecule has 3 N–H and O–H groups in total. The minimum atomic E-state index is -3.87. The topological polar surface area (TPSA) is 106 Å². The minimum Gasteiger partial charge on any atom is -0.224 e. The summed E-state index contributed by atoms with van der Waals surface area (Å²) in [5, 5.41) is 4.74. The Hall–Kier alpha value is -0.960. The molecule has 1 aromatic rings. The Morgan fingerprint density at radius 3 is 1.95 bits per heavy atom. The molecule has 0 bridgehead atoms. The highest BCUT2D eigenvalue weighted by atomic mass is 32.2. The van der Waals surface area contributed by atoms with E-state index in [9.17, 15) is 16.8 Å². The van der Waals surface area contributed by atoms with Crippen molar-refractivity contribution < 1.29 is 16.8 Å². The number of rotatable bonds is 5. The number of hydrogen-bond acceptors (Lipinski definition) is 4. The minimum absolute atomic E-state index is 0.0581. The van der Waals surface area contributed by atoms with E-state index < -0.39 is 20.0 Å². The summed E-state index contributed by atoms with van der Waals surface area (Å²) >= 11 is 0. The predicted molar refractivity (Wildman–Crippen MR) is 78.3 cm³/mol. The van der Waals surface area contributed by atoms with Gasteiger partial charge in [-0.15, -0.1) is 0 Å². The van der Waals surface area contributed by atoms with Gasteiger partial charge in [0.2, 0.25) is 0 Å². The molecule has 0 unspecified atom stereocenters. The Balaban J connectivity index is 2.83. The standard InChI is InChI=1S/C12H20N2O4S2/c1-12(2,3)10-4-6-11(7-5-10)19(15,16)9-8-14-20(13,17)18/h4-7,14H,8-9H2,1-3H3,(H2,13,17,18). The molecule has 114 valence electrons. The van der Waals surface area contributed by atoms with Gasteiger partial charge in [-0.05, 0) is 23.1 Å². The van der Waals surface area contributed by atoms with Gasteiger partial charge in [-0.2, -0.15) is 8.42 Å². The van der Waals surface area contributed by atoms with Crippen molar-refractivity contribution in [3.8, 4) is 0 Å². The molecule has 0 heterocycles. The van der Waals surface area contributed by atoms with Crippen LogP contribution in [0.15, 0.2) is 29.2 Å². The van der Waals surface area contributed by atoms with E-state index in [2.05, 4.69) is 0 Å². The lowest BCUT2D eigenvalue weighted by Gasteiger charge is -2.19. The van der Waals surface area contributed by atoms with Crippen LogP contribution in [0.3, 0.4) is 0 Å². The molecule has 20 heavy (non-hydrogen) atoms. The van der Waals surface area contributed by atoms with E-state index in [4.69, 9.17) is 5.14 Å². The zero-order valence-corrected chi connectivity index (χ0v) is 13.4. The van der Waals surface area contributed by atoms with Crippen LogP contribution in [0.2, 0.25) is 0 Å². The van der Waals surface area contributed by atoms with Crippen LogP contribution in [0.25, 0.3) is 0 Å². The highest BCUT2D eigenvalue weighted by Crippen LogP contribution is 2.23. The van der Waals surface area contributed by atoms with Crippen molar-refractivity contribution in [2.45, 2.75) is 31.1 Å². The zero-order valence-electron chi connectivity index (χ0n) is 11.8. The summed E-state index contributed by atoms with van der Waals surface area (Å²) in [6.07, 6.45) is 0. The molecule has 0 amide bonds. The van der Waals surface area contributed by atoms with E-state index in [1.165, 1.54) is 12.1 Å². The third-order valence-electron chi connectivity index (χ3n) is 2.75. The van der Waals surface area contributed by atoms with Crippen LogP contribution < -0.4 is 9.86 Å². The van der Waals surface area contributed by atoms with Gasteiger partial charge in [0.1, 0.15) is 0 Å². The average molecular weight is 320 g/mol. The van der Waals surface area contributed by atoms with Crippen LogP contribution in [0.4, 0.5) is 0 Å².